The first-order valence-electron chi connectivity index (χ1n) is 9.78. The van der Waals surface area contributed by atoms with Crippen LogP contribution in [0.3, 0.4) is 0 Å². The van der Waals surface area contributed by atoms with Crippen molar-refractivity contribution in [2.45, 2.75) is 19.6 Å². The van der Waals surface area contributed by atoms with Gasteiger partial charge in [0.15, 0.2) is 5.88 Å². The van der Waals surface area contributed by atoms with Gasteiger partial charge in [0, 0.05) is 49.1 Å². The molecule has 0 radical (unpaired) electrons. The van der Waals surface area contributed by atoms with E-state index in [0.29, 0.717) is 24.4 Å². The minimum atomic E-state index is 0.306. The van der Waals surface area contributed by atoms with Crippen molar-refractivity contribution >= 4 is 11.4 Å². The number of methoxy groups -OCH3 is 1. The van der Waals surface area contributed by atoms with Crippen LogP contribution < -0.4 is 26.4 Å². The number of ether oxygens (including phenoxy) is 2. The molecule has 0 spiro atoms. The summed E-state index contributed by atoms with van der Waals surface area (Å²) in [4.78, 5) is 7.10. The van der Waals surface area contributed by atoms with Crippen molar-refractivity contribution in [1.29, 1.82) is 0 Å². The summed E-state index contributed by atoms with van der Waals surface area (Å²) in [5.74, 6) is 1.96. The predicted molar refractivity (Wildman–Crippen MR) is 115 cm³/mol. The molecule has 1 aromatic heterocycles. The first kappa shape index (κ1) is 19.1. The maximum Gasteiger partial charge on any atom is 0.223 e. The molecular weight excluding hydrogens is 366 g/mol. The molecule has 1 fully saturated rings. The molecule has 1 aromatic carbocycles. The number of benzene rings is 1. The van der Waals surface area contributed by atoms with E-state index < -0.39 is 0 Å². The zero-order valence-electron chi connectivity index (χ0n) is 16.8. The van der Waals surface area contributed by atoms with E-state index in [9.17, 15) is 0 Å². The topological polar surface area (TPSA) is 98.7 Å². The number of hydrogen-bond donors (Lipinski definition) is 3. The standard InChI is InChI=1S/C22H27N5O2/c1-14-12-27(8-7-25-14)21-6-5-19-18-4-3-15(16(11-23)10-20(24)28-2)9-17(18)13-29-22(19)26-21/h3-6,9-11,14,25H,7-8,12-13,23-24H2,1-2H3/b16-11+,20-10+. The summed E-state index contributed by atoms with van der Waals surface area (Å²) in [6, 6.07) is 10.8. The second-order valence-corrected chi connectivity index (χ2v) is 7.36. The quantitative estimate of drug-likeness (QED) is 0.541. The van der Waals surface area contributed by atoms with Crippen molar-refractivity contribution in [3.8, 4) is 17.0 Å². The van der Waals surface area contributed by atoms with E-state index in [1.54, 1.807) is 6.08 Å². The Morgan fingerprint density at radius 3 is 2.90 bits per heavy atom. The molecule has 0 saturated carbocycles. The molecule has 1 unspecified atom stereocenters. The van der Waals surface area contributed by atoms with Crippen LogP contribution in [0.5, 0.6) is 5.88 Å². The van der Waals surface area contributed by atoms with E-state index in [0.717, 1.165) is 53.3 Å². The highest BCUT2D eigenvalue weighted by Gasteiger charge is 2.23. The van der Waals surface area contributed by atoms with Gasteiger partial charge in [0.1, 0.15) is 12.4 Å². The van der Waals surface area contributed by atoms with Gasteiger partial charge < -0.3 is 31.2 Å². The molecule has 7 nitrogen and oxygen atoms in total. The van der Waals surface area contributed by atoms with Gasteiger partial charge in [-0.25, -0.2) is 0 Å². The summed E-state index contributed by atoms with van der Waals surface area (Å²) in [7, 11) is 1.53. The number of pyridine rings is 1. The average molecular weight is 393 g/mol. The fourth-order valence-electron chi connectivity index (χ4n) is 3.80. The third-order valence-electron chi connectivity index (χ3n) is 5.34. The second kappa shape index (κ2) is 8.05. The number of anilines is 1. The normalized spacial score (nSPS) is 19.2. The van der Waals surface area contributed by atoms with Gasteiger partial charge >= 0.3 is 0 Å². The molecule has 152 valence electrons. The van der Waals surface area contributed by atoms with Crippen LogP contribution in [-0.2, 0) is 11.3 Å². The van der Waals surface area contributed by atoms with Crippen LogP contribution in [0, 0.1) is 0 Å². The molecular formula is C22H27N5O2. The average Bonchev–Trinajstić information content (AvgIpc) is 2.76. The number of piperazine rings is 1. The third kappa shape index (κ3) is 3.86. The summed E-state index contributed by atoms with van der Waals surface area (Å²) in [6.07, 6.45) is 3.23. The maximum atomic E-state index is 6.01. The lowest BCUT2D eigenvalue weighted by molar-refractivity contribution is 0.288. The number of allylic oxidation sites excluding steroid dienone is 2. The Kier molecular flexibility index (Phi) is 5.31. The van der Waals surface area contributed by atoms with Gasteiger partial charge in [0.25, 0.3) is 0 Å². The number of aromatic nitrogens is 1. The number of hydrogen-bond acceptors (Lipinski definition) is 7. The SMILES string of the molecule is CO/C(N)=C/C(=C\N)c1ccc2c(c1)COc1nc(N3CCNC(C)C3)ccc1-2. The number of nitrogens with one attached hydrogen (secondary N) is 1. The van der Waals surface area contributed by atoms with Gasteiger partial charge in [0.05, 0.1) is 7.11 Å². The van der Waals surface area contributed by atoms with E-state index in [-0.39, 0.29) is 0 Å². The molecule has 1 atom stereocenters. The molecule has 0 bridgehead atoms. The van der Waals surface area contributed by atoms with Gasteiger partial charge in [0.2, 0.25) is 5.88 Å². The van der Waals surface area contributed by atoms with Crippen LogP contribution in [0.15, 0.2) is 48.5 Å². The van der Waals surface area contributed by atoms with Crippen LogP contribution >= 0.6 is 0 Å². The molecule has 2 aliphatic rings. The summed E-state index contributed by atoms with van der Waals surface area (Å²) < 4.78 is 11.0. The summed E-state index contributed by atoms with van der Waals surface area (Å²) in [5, 5.41) is 3.46. The first-order chi connectivity index (χ1) is 14.1. The predicted octanol–water partition coefficient (Wildman–Crippen LogP) is 2.19. The van der Waals surface area contributed by atoms with Crippen LogP contribution in [-0.4, -0.2) is 37.8 Å². The van der Waals surface area contributed by atoms with Crippen LogP contribution in [0.4, 0.5) is 5.82 Å². The fourth-order valence-corrected chi connectivity index (χ4v) is 3.80. The van der Waals surface area contributed by atoms with Gasteiger partial charge in [-0.05, 0) is 41.8 Å². The Hall–Kier alpha value is -3.19. The third-order valence-corrected chi connectivity index (χ3v) is 5.34. The minimum absolute atomic E-state index is 0.306. The Bertz CT molecular complexity index is 970. The van der Waals surface area contributed by atoms with Crippen molar-refractivity contribution in [2.75, 3.05) is 31.6 Å². The Morgan fingerprint density at radius 1 is 1.31 bits per heavy atom. The second-order valence-electron chi connectivity index (χ2n) is 7.36. The van der Waals surface area contributed by atoms with Crippen molar-refractivity contribution in [3.63, 3.8) is 0 Å². The molecule has 2 aromatic rings. The first-order valence-corrected chi connectivity index (χ1v) is 9.78. The number of nitrogens with zero attached hydrogens (tertiary/aromatic N) is 2. The van der Waals surface area contributed by atoms with E-state index in [2.05, 4.69) is 41.4 Å². The van der Waals surface area contributed by atoms with Gasteiger partial charge in [-0.3, -0.25) is 0 Å². The van der Waals surface area contributed by atoms with E-state index >= 15 is 0 Å². The fraction of sp³-hybridized carbons (Fsp3) is 0.318. The van der Waals surface area contributed by atoms with Crippen molar-refractivity contribution in [2.24, 2.45) is 11.5 Å². The maximum absolute atomic E-state index is 6.01. The smallest absolute Gasteiger partial charge is 0.223 e. The van der Waals surface area contributed by atoms with E-state index in [4.69, 9.17) is 25.9 Å². The number of nitrogens with two attached hydrogens (primary N) is 2. The molecule has 29 heavy (non-hydrogen) atoms. The Labute approximate surface area is 171 Å². The van der Waals surface area contributed by atoms with Crippen molar-refractivity contribution in [1.82, 2.24) is 10.3 Å². The van der Waals surface area contributed by atoms with E-state index in [1.807, 2.05) is 6.07 Å². The summed E-state index contributed by atoms with van der Waals surface area (Å²) in [6.45, 7) is 5.51. The van der Waals surface area contributed by atoms with Crippen LogP contribution in [0.25, 0.3) is 16.7 Å². The largest absolute Gasteiger partial charge is 0.483 e. The Balaban J connectivity index is 1.64. The van der Waals surface area contributed by atoms with Gasteiger partial charge in [-0.15, -0.1) is 0 Å². The Morgan fingerprint density at radius 2 is 2.14 bits per heavy atom. The van der Waals surface area contributed by atoms with Crippen molar-refractivity contribution in [3.05, 3.63) is 59.6 Å². The highest BCUT2D eigenvalue weighted by Crippen LogP contribution is 2.38. The zero-order chi connectivity index (χ0) is 20.4. The molecule has 2 aliphatic heterocycles. The molecule has 0 aliphatic carbocycles. The lowest BCUT2D eigenvalue weighted by Crippen LogP contribution is -2.49. The number of rotatable bonds is 4. The molecule has 5 N–H and O–H groups in total. The van der Waals surface area contributed by atoms with Crippen LogP contribution in [0.2, 0.25) is 0 Å². The van der Waals surface area contributed by atoms with Crippen molar-refractivity contribution < 1.29 is 9.47 Å². The highest BCUT2D eigenvalue weighted by molar-refractivity contribution is 5.80. The lowest BCUT2D eigenvalue weighted by Gasteiger charge is -2.33. The summed E-state index contributed by atoms with van der Waals surface area (Å²) >= 11 is 0. The van der Waals surface area contributed by atoms with Gasteiger partial charge in [-0.1, -0.05) is 12.1 Å². The molecule has 3 heterocycles. The van der Waals surface area contributed by atoms with Crippen LogP contribution in [0.1, 0.15) is 18.1 Å². The molecule has 1 saturated heterocycles. The van der Waals surface area contributed by atoms with Gasteiger partial charge in [-0.2, -0.15) is 4.98 Å². The van der Waals surface area contributed by atoms with E-state index in [1.165, 1.54) is 13.3 Å². The minimum Gasteiger partial charge on any atom is -0.483 e. The molecule has 7 heteroatoms. The monoisotopic (exact) mass is 393 g/mol. The molecule has 4 rings (SSSR count). The highest BCUT2D eigenvalue weighted by atomic mass is 16.5. The lowest BCUT2D eigenvalue weighted by atomic mass is 9.94. The zero-order valence-corrected chi connectivity index (χ0v) is 16.8. The molecule has 0 amide bonds. The summed E-state index contributed by atoms with van der Waals surface area (Å²) in [5.41, 5.74) is 16.5. The number of fused-ring (bicyclic) bond motifs is 3.